The lowest BCUT2D eigenvalue weighted by Gasteiger charge is -2.28. The number of fused-ring (bicyclic) bond motifs is 1. The minimum Gasteiger partial charge on any atom is -0.312 e. The molecule has 1 amide bonds. The van der Waals surface area contributed by atoms with Gasteiger partial charge in [0.2, 0.25) is 5.91 Å². The van der Waals surface area contributed by atoms with E-state index in [2.05, 4.69) is 18.2 Å². The summed E-state index contributed by atoms with van der Waals surface area (Å²) in [6.45, 7) is 2.47. The lowest BCUT2D eigenvalue weighted by molar-refractivity contribution is -0.116. The second kappa shape index (κ2) is 4.88. The summed E-state index contributed by atoms with van der Waals surface area (Å²) >= 11 is 5.73. The summed E-state index contributed by atoms with van der Waals surface area (Å²) in [5.74, 6) is 0.779. The van der Waals surface area contributed by atoms with E-state index in [0.717, 1.165) is 31.5 Å². The third-order valence-electron chi connectivity index (χ3n) is 3.03. The van der Waals surface area contributed by atoms with Crippen molar-refractivity contribution in [3.63, 3.8) is 0 Å². The minimum atomic E-state index is 0.131. The number of alkyl halides is 1. The molecule has 0 radical (unpaired) electrons. The van der Waals surface area contributed by atoms with Crippen molar-refractivity contribution in [2.45, 2.75) is 26.2 Å². The molecule has 2 rings (SSSR count). The van der Waals surface area contributed by atoms with Gasteiger partial charge in [-0.05, 0) is 36.5 Å². The summed E-state index contributed by atoms with van der Waals surface area (Å²) in [5, 5.41) is 0. The van der Waals surface area contributed by atoms with Crippen molar-refractivity contribution < 1.29 is 4.79 Å². The first kappa shape index (κ1) is 11.5. The number of aryl methyl sites for hydroxylation is 2. The topological polar surface area (TPSA) is 20.3 Å². The zero-order chi connectivity index (χ0) is 11.5. The van der Waals surface area contributed by atoms with Crippen LogP contribution in [0.3, 0.4) is 0 Å². The van der Waals surface area contributed by atoms with Crippen molar-refractivity contribution in [3.05, 3.63) is 29.3 Å². The van der Waals surface area contributed by atoms with E-state index in [1.54, 1.807) is 6.92 Å². The van der Waals surface area contributed by atoms with Gasteiger partial charge in [-0.1, -0.05) is 12.1 Å². The maximum absolute atomic E-state index is 11.5. The van der Waals surface area contributed by atoms with Gasteiger partial charge in [0, 0.05) is 25.0 Å². The quantitative estimate of drug-likeness (QED) is 0.725. The smallest absolute Gasteiger partial charge is 0.223 e. The molecule has 1 heterocycles. The highest BCUT2D eigenvalue weighted by atomic mass is 35.5. The van der Waals surface area contributed by atoms with Gasteiger partial charge < -0.3 is 4.90 Å². The summed E-state index contributed by atoms with van der Waals surface area (Å²) in [7, 11) is 0. The van der Waals surface area contributed by atoms with Gasteiger partial charge in [-0.15, -0.1) is 11.6 Å². The molecule has 0 bridgehead atoms. The zero-order valence-electron chi connectivity index (χ0n) is 9.50. The molecule has 3 heteroatoms. The highest BCUT2D eigenvalue weighted by molar-refractivity contribution is 6.18. The maximum atomic E-state index is 11.5. The Morgan fingerprint density at radius 3 is 3.00 bits per heavy atom. The largest absolute Gasteiger partial charge is 0.312 e. The van der Waals surface area contributed by atoms with E-state index in [4.69, 9.17) is 11.6 Å². The van der Waals surface area contributed by atoms with Gasteiger partial charge in [0.25, 0.3) is 0 Å². The van der Waals surface area contributed by atoms with Crippen molar-refractivity contribution in [2.75, 3.05) is 17.3 Å². The number of benzene rings is 1. The molecule has 0 atom stereocenters. The molecule has 0 fully saturated rings. The Kier molecular flexibility index (Phi) is 3.49. The Morgan fingerprint density at radius 2 is 2.31 bits per heavy atom. The van der Waals surface area contributed by atoms with E-state index in [1.165, 1.54) is 11.1 Å². The first-order chi connectivity index (χ1) is 7.72. The minimum absolute atomic E-state index is 0.131. The first-order valence-corrected chi connectivity index (χ1v) is 6.21. The van der Waals surface area contributed by atoms with Crippen LogP contribution in [0.4, 0.5) is 5.69 Å². The van der Waals surface area contributed by atoms with Crippen molar-refractivity contribution in [3.8, 4) is 0 Å². The van der Waals surface area contributed by atoms with Crippen LogP contribution in [0.5, 0.6) is 0 Å². The van der Waals surface area contributed by atoms with Gasteiger partial charge in [0.15, 0.2) is 0 Å². The van der Waals surface area contributed by atoms with E-state index in [1.807, 2.05) is 4.90 Å². The number of nitrogens with zero attached hydrogens (tertiary/aromatic N) is 1. The van der Waals surface area contributed by atoms with E-state index in [0.29, 0.717) is 5.88 Å². The number of rotatable bonds is 2. The molecule has 1 aromatic carbocycles. The molecule has 2 nitrogen and oxygen atoms in total. The summed E-state index contributed by atoms with van der Waals surface area (Å²) in [5.41, 5.74) is 3.63. The summed E-state index contributed by atoms with van der Waals surface area (Å²) in [6.07, 6.45) is 3.01. The van der Waals surface area contributed by atoms with E-state index < -0.39 is 0 Å². The molecule has 16 heavy (non-hydrogen) atoms. The molecule has 0 unspecified atom stereocenters. The molecule has 1 aliphatic heterocycles. The summed E-state index contributed by atoms with van der Waals surface area (Å²) < 4.78 is 0. The SMILES string of the molecule is CC(=O)N1CCCc2cc(CCCl)ccc21. The number of carbonyl (C=O) groups is 1. The van der Waals surface area contributed by atoms with Crippen LogP contribution in [0.25, 0.3) is 0 Å². The summed E-state index contributed by atoms with van der Waals surface area (Å²) in [6, 6.07) is 6.31. The fourth-order valence-corrected chi connectivity index (χ4v) is 2.46. The average Bonchev–Trinajstić information content (AvgIpc) is 2.28. The van der Waals surface area contributed by atoms with Gasteiger partial charge >= 0.3 is 0 Å². The van der Waals surface area contributed by atoms with Crippen LogP contribution in [0, 0.1) is 0 Å². The Balaban J connectivity index is 2.33. The third-order valence-corrected chi connectivity index (χ3v) is 3.21. The first-order valence-electron chi connectivity index (χ1n) is 5.68. The molecule has 0 saturated carbocycles. The number of amides is 1. The molecule has 86 valence electrons. The molecule has 0 aromatic heterocycles. The van der Waals surface area contributed by atoms with E-state index in [9.17, 15) is 4.79 Å². The molecule has 0 N–H and O–H groups in total. The molecule has 1 aromatic rings. The number of hydrogen-bond donors (Lipinski definition) is 0. The number of carbonyl (C=O) groups excluding carboxylic acids is 1. The lowest BCUT2D eigenvalue weighted by Crippen LogP contribution is -2.33. The predicted molar refractivity (Wildman–Crippen MR) is 67.2 cm³/mol. The standard InChI is InChI=1S/C13H16ClNO/c1-10(16)15-8-2-3-12-9-11(6-7-14)4-5-13(12)15/h4-5,9H,2-3,6-8H2,1H3. The second-order valence-corrected chi connectivity index (χ2v) is 4.55. The van der Waals surface area contributed by atoms with Gasteiger partial charge in [0.05, 0.1) is 0 Å². The van der Waals surface area contributed by atoms with Crippen LogP contribution < -0.4 is 4.90 Å². The van der Waals surface area contributed by atoms with Crippen LogP contribution in [0.2, 0.25) is 0 Å². The molecule has 0 aliphatic carbocycles. The lowest BCUT2D eigenvalue weighted by atomic mass is 9.98. The highest BCUT2D eigenvalue weighted by Gasteiger charge is 2.19. The van der Waals surface area contributed by atoms with Gasteiger partial charge in [-0.25, -0.2) is 0 Å². The van der Waals surface area contributed by atoms with Crippen LogP contribution in [-0.2, 0) is 17.6 Å². The zero-order valence-corrected chi connectivity index (χ0v) is 10.3. The number of halogens is 1. The summed E-state index contributed by atoms with van der Waals surface area (Å²) in [4.78, 5) is 13.3. The highest BCUT2D eigenvalue weighted by Crippen LogP contribution is 2.28. The van der Waals surface area contributed by atoms with Crippen LogP contribution in [-0.4, -0.2) is 18.3 Å². The number of anilines is 1. The molecular formula is C13H16ClNO. The predicted octanol–water partition coefficient (Wildman–Crippen LogP) is 2.77. The monoisotopic (exact) mass is 237 g/mol. The number of hydrogen-bond acceptors (Lipinski definition) is 1. The second-order valence-electron chi connectivity index (χ2n) is 4.18. The van der Waals surface area contributed by atoms with Crippen molar-refractivity contribution >= 4 is 23.2 Å². The molecular weight excluding hydrogens is 222 g/mol. The van der Waals surface area contributed by atoms with Crippen LogP contribution >= 0.6 is 11.6 Å². The third kappa shape index (κ3) is 2.22. The Morgan fingerprint density at radius 1 is 1.50 bits per heavy atom. The van der Waals surface area contributed by atoms with Crippen LogP contribution in [0.1, 0.15) is 24.5 Å². The van der Waals surface area contributed by atoms with Crippen molar-refractivity contribution in [1.29, 1.82) is 0 Å². The fourth-order valence-electron chi connectivity index (χ4n) is 2.24. The average molecular weight is 238 g/mol. The molecule has 0 spiro atoms. The maximum Gasteiger partial charge on any atom is 0.223 e. The Labute approximate surface area is 101 Å². The normalized spacial score (nSPS) is 14.8. The molecule has 1 aliphatic rings. The Bertz CT molecular complexity index is 403. The van der Waals surface area contributed by atoms with E-state index in [-0.39, 0.29) is 5.91 Å². The van der Waals surface area contributed by atoms with Gasteiger partial charge in [0.1, 0.15) is 0 Å². The van der Waals surface area contributed by atoms with Crippen LogP contribution in [0.15, 0.2) is 18.2 Å². The van der Waals surface area contributed by atoms with Gasteiger partial charge in [-0.3, -0.25) is 4.79 Å². The van der Waals surface area contributed by atoms with Crippen molar-refractivity contribution in [1.82, 2.24) is 0 Å². The van der Waals surface area contributed by atoms with Gasteiger partial charge in [-0.2, -0.15) is 0 Å². The van der Waals surface area contributed by atoms with Crippen molar-refractivity contribution in [2.24, 2.45) is 0 Å². The molecule has 0 saturated heterocycles. The van der Waals surface area contributed by atoms with E-state index >= 15 is 0 Å². The Hall–Kier alpha value is -1.02. The fraction of sp³-hybridized carbons (Fsp3) is 0.462.